The molecular weight excluding hydrogens is 170 g/mol. The third-order valence-corrected chi connectivity index (χ3v) is 1.79. The van der Waals surface area contributed by atoms with Gasteiger partial charge in [0.15, 0.2) is 0 Å². The Balaban J connectivity index is 2.55. The maximum atomic E-state index is 3.34. The number of hydrogen-bond acceptors (Lipinski definition) is 1. The molecule has 0 spiro atoms. The van der Waals surface area contributed by atoms with Crippen LogP contribution in [0.1, 0.15) is 26.3 Å². The normalized spacial score (nSPS) is 12.0. The minimum Gasteiger partial charge on any atom is -0.302 e. The Bertz CT molecular complexity index is 316. The van der Waals surface area contributed by atoms with Crippen LogP contribution in [0, 0.1) is 11.8 Å². The molecule has 1 aromatic rings. The maximum absolute atomic E-state index is 3.34. The van der Waals surface area contributed by atoms with Gasteiger partial charge in [-0.1, -0.05) is 30.0 Å². The number of hydrogen-bond donors (Lipinski definition) is 1. The summed E-state index contributed by atoms with van der Waals surface area (Å²) in [6.07, 6.45) is 0. The van der Waals surface area contributed by atoms with Gasteiger partial charge in [0.2, 0.25) is 0 Å². The van der Waals surface area contributed by atoms with Crippen molar-refractivity contribution in [2.75, 3.05) is 0 Å². The summed E-state index contributed by atoms with van der Waals surface area (Å²) in [4.78, 5) is 0. The van der Waals surface area contributed by atoms with Gasteiger partial charge in [0.05, 0.1) is 6.04 Å². The van der Waals surface area contributed by atoms with Crippen LogP contribution in [-0.2, 0) is 0 Å². The second-order valence-electron chi connectivity index (χ2n) is 3.68. The molecule has 1 aromatic carbocycles. The van der Waals surface area contributed by atoms with Gasteiger partial charge >= 0.3 is 0 Å². The first-order valence-electron chi connectivity index (χ1n) is 5.01. The van der Waals surface area contributed by atoms with Crippen LogP contribution in [0.3, 0.4) is 0 Å². The predicted octanol–water partition coefficient (Wildman–Crippen LogP) is 2.42. The molecule has 1 atom stereocenters. The third kappa shape index (κ3) is 4.11. The summed E-state index contributed by atoms with van der Waals surface area (Å²) in [5, 5.41) is 3.34. The fourth-order valence-electron chi connectivity index (χ4n) is 1.25. The molecule has 1 rings (SSSR count). The summed E-state index contributed by atoms with van der Waals surface area (Å²) in [5.41, 5.74) is 1.07. The molecule has 1 nitrogen and oxygen atoms in total. The van der Waals surface area contributed by atoms with Crippen LogP contribution >= 0.6 is 0 Å². The van der Waals surface area contributed by atoms with E-state index in [9.17, 15) is 0 Å². The zero-order valence-corrected chi connectivity index (χ0v) is 9.04. The van der Waals surface area contributed by atoms with E-state index in [1.807, 2.05) is 30.3 Å². The van der Waals surface area contributed by atoms with Crippen LogP contribution in [0.15, 0.2) is 30.3 Å². The summed E-state index contributed by atoms with van der Waals surface area (Å²) in [7, 11) is 0. The van der Waals surface area contributed by atoms with Crippen LogP contribution in [0.2, 0.25) is 0 Å². The Labute approximate surface area is 86.5 Å². The van der Waals surface area contributed by atoms with Gasteiger partial charge in [-0.2, -0.15) is 0 Å². The lowest BCUT2D eigenvalue weighted by atomic mass is 10.2. The molecule has 1 unspecified atom stereocenters. The molecule has 1 heteroatoms. The van der Waals surface area contributed by atoms with E-state index in [1.54, 1.807) is 0 Å². The average Bonchev–Trinajstić information content (AvgIpc) is 2.15. The van der Waals surface area contributed by atoms with Crippen molar-refractivity contribution in [1.82, 2.24) is 5.32 Å². The Hall–Kier alpha value is -1.26. The highest BCUT2D eigenvalue weighted by Gasteiger charge is 1.97. The van der Waals surface area contributed by atoms with E-state index in [-0.39, 0.29) is 6.04 Å². The van der Waals surface area contributed by atoms with E-state index >= 15 is 0 Å². The van der Waals surface area contributed by atoms with Gasteiger partial charge in [0.25, 0.3) is 0 Å². The van der Waals surface area contributed by atoms with Crippen molar-refractivity contribution in [3.05, 3.63) is 35.9 Å². The predicted molar refractivity (Wildman–Crippen MR) is 61.1 cm³/mol. The van der Waals surface area contributed by atoms with Gasteiger partial charge < -0.3 is 5.32 Å². The first kappa shape index (κ1) is 10.8. The standard InChI is InChI=1S/C13H17N/c1-11(2)14-12(3)9-10-13-7-5-4-6-8-13/h4-8,11-12,14H,1-3H3. The highest BCUT2D eigenvalue weighted by molar-refractivity contribution is 5.34. The van der Waals surface area contributed by atoms with Gasteiger partial charge in [-0.05, 0) is 32.9 Å². The molecule has 0 saturated carbocycles. The third-order valence-electron chi connectivity index (χ3n) is 1.79. The van der Waals surface area contributed by atoms with Crippen LogP contribution < -0.4 is 5.32 Å². The van der Waals surface area contributed by atoms with E-state index in [4.69, 9.17) is 0 Å². The molecule has 0 aliphatic carbocycles. The molecule has 0 aliphatic heterocycles. The molecule has 0 saturated heterocycles. The topological polar surface area (TPSA) is 12.0 Å². The first-order chi connectivity index (χ1) is 6.68. The van der Waals surface area contributed by atoms with Gasteiger partial charge in [-0.15, -0.1) is 0 Å². The van der Waals surface area contributed by atoms with Crippen molar-refractivity contribution in [2.24, 2.45) is 0 Å². The van der Waals surface area contributed by atoms with Crippen LogP contribution in [-0.4, -0.2) is 12.1 Å². The van der Waals surface area contributed by atoms with Crippen molar-refractivity contribution < 1.29 is 0 Å². The van der Waals surface area contributed by atoms with Crippen LogP contribution in [0.25, 0.3) is 0 Å². The fraction of sp³-hybridized carbons (Fsp3) is 0.385. The minimum absolute atomic E-state index is 0.246. The highest BCUT2D eigenvalue weighted by Crippen LogP contribution is 1.95. The average molecular weight is 187 g/mol. The van der Waals surface area contributed by atoms with E-state index in [1.165, 1.54) is 0 Å². The highest BCUT2D eigenvalue weighted by atomic mass is 14.9. The van der Waals surface area contributed by atoms with Crippen molar-refractivity contribution >= 4 is 0 Å². The Morgan fingerprint density at radius 2 is 1.71 bits per heavy atom. The zero-order chi connectivity index (χ0) is 10.4. The minimum atomic E-state index is 0.246. The lowest BCUT2D eigenvalue weighted by Gasteiger charge is -2.10. The molecule has 0 aromatic heterocycles. The Morgan fingerprint density at radius 3 is 2.29 bits per heavy atom. The van der Waals surface area contributed by atoms with Crippen LogP contribution in [0.4, 0.5) is 0 Å². The van der Waals surface area contributed by atoms with Crippen LogP contribution in [0.5, 0.6) is 0 Å². The molecule has 0 amide bonds. The Morgan fingerprint density at radius 1 is 1.07 bits per heavy atom. The lowest BCUT2D eigenvalue weighted by Crippen LogP contribution is -2.31. The zero-order valence-electron chi connectivity index (χ0n) is 9.04. The lowest BCUT2D eigenvalue weighted by molar-refractivity contribution is 0.559. The smallest absolute Gasteiger partial charge is 0.0666 e. The molecular formula is C13H17N. The number of nitrogens with one attached hydrogen (secondary N) is 1. The molecule has 74 valence electrons. The molecule has 0 heterocycles. The summed E-state index contributed by atoms with van der Waals surface area (Å²) in [5.74, 6) is 6.31. The molecule has 0 aliphatic rings. The summed E-state index contributed by atoms with van der Waals surface area (Å²) >= 11 is 0. The van der Waals surface area contributed by atoms with Gasteiger partial charge in [-0.25, -0.2) is 0 Å². The Kier molecular flexibility index (Phi) is 4.22. The molecule has 14 heavy (non-hydrogen) atoms. The summed E-state index contributed by atoms with van der Waals surface area (Å²) < 4.78 is 0. The fourth-order valence-corrected chi connectivity index (χ4v) is 1.25. The summed E-state index contributed by atoms with van der Waals surface area (Å²) in [6.45, 7) is 6.33. The van der Waals surface area contributed by atoms with E-state index in [2.05, 4.69) is 37.9 Å². The van der Waals surface area contributed by atoms with E-state index in [0.717, 1.165) is 5.56 Å². The van der Waals surface area contributed by atoms with E-state index in [0.29, 0.717) is 6.04 Å². The van der Waals surface area contributed by atoms with Crippen molar-refractivity contribution in [3.8, 4) is 11.8 Å². The van der Waals surface area contributed by atoms with E-state index < -0.39 is 0 Å². The number of benzene rings is 1. The second-order valence-corrected chi connectivity index (χ2v) is 3.68. The quantitative estimate of drug-likeness (QED) is 0.701. The van der Waals surface area contributed by atoms with Gasteiger partial charge in [0.1, 0.15) is 0 Å². The van der Waals surface area contributed by atoms with Crippen molar-refractivity contribution in [3.63, 3.8) is 0 Å². The van der Waals surface area contributed by atoms with Crippen molar-refractivity contribution in [1.29, 1.82) is 0 Å². The van der Waals surface area contributed by atoms with Gasteiger partial charge in [0, 0.05) is 11.6 Å². The molecule has 0 fully saturated rings. The molecule has 0 bridgehead atoms. The number of rotatable bonds is 2. The molecule has 1 N–H and O–H groups in total. The summed E-state index contributed by atoms with van der Waals surface area (Å²) in [6, 6.07) is 10.8. The largest absolute Gasteiger partial charge is 0.302 e. The monoisotopic (exact) mass is 187 g/mol. The molecule has 0 radical (unpaired) electrons. The van der Waals surface area contributed by atoms with Crippen molar-refractivity contribution in [2.45, 2.75) is 32.9 Å². The van der Waals surface area contributed by atoms with Gasteiger partial charge in [-0.3, -0.25) is 0 Å². The second kappa shape index (κ2) is 5.47. The SMILES string of the molecule is CC(C)NC(C)C#Cc1ccccc1. The first-order valence-corrected chi connectivity index (χ1v) is 5.01. The maximum Gasteiger partial charge on any atom is 0.0666 e.